The molecule has 0 amide bonds. The van der Waals surface area contributed by atoms with Crippen LogP contribution in [0.25, 0.3) is 6.08 Å². The number of carbonyl (C=O) groups is 2. The van der Waals surface area contributed by atoms with Gasteiger partial charge >= 0.3 is 5.97 Å². The molecular weight excluding hydrogens is 384 g/mol. The number of carbonyl (C=O) groups excluding carboxylic acids is 1. The van der Waals surface area contributed by atoms with Crippen LogP contribution in [0.15, 0.2) is 34.8 Å². The summed E-state index contributed by atoms with van der Waals surface area (Å²) in [6.07, 6.45) is 3.03. The molecule has 0 spiro atoms. The zero-order chi connectivity index (χ0) is 17.0. The van der Waals surface area contributed by atoms with Crippen LogP contribution in [0.2, 0.25) is 0 Å². The van der Waals surface area contributed by atoms with Crippen molar-refractivity contribution < 1.29 is 24.2 Å². The number of thiophene rings is 1. The predicted molar refractivity (Wildman–Crippen MR) is 91.9 cm³/mol. The van der Waals surface area contributed by atoms with Gasteiger partial charge in [-0.3, -0.25) is 4.79 Å². The lowest BCUT2D eigenvalue weighted by Crippen LogP contribution is -1.93. The monoisotopic (exact) mass is 396 g/mol. The van der Waals surface area contributed by atoms with E-state index in [0.29, 0.717) is 16.4 Å². The molecule has 7 heteroatoms. The summed E-state index contributed by atoms with van der Waals surface area (Å²) in [7, 11) is 3.07. The number of methoxy groups -OCH3 is 2. The van der Waals surface area contributed by atoms with E-state index in [1.807, 2.05) is 0 Å². The Kier molecular flexibility index (Phi) is 5.57. The summed E-state index contributed by atoms with van der Waals surface area (Å²) in [5.41, 5.74) is 0.742. The molecule has 0 fully saturated rings. The summed E-state index contributed by atoms with van der Waals surface area (Å²) < 4.78 is 11.2. The molecule has 23 heavy (non-hydrogen) atoms. The van der Waals surface area contributed by atoms with Crippen molar-refractivity contribution in [3.8, 4) is 11.5 Å². The fourth-order valence-corrected chi connectivity index (χ4v) is 3.05. The first-order chi connectivity index (χ1) is 11.0. The number of carboxylic acids is 1. The third-order valence-electron chi connectivity index (χ3n) is 2.98. The molecule has 1 heterocycles. The van der Waals surface area contributed by atoms with E-state index in [-0.39, 0.29) is 10.7 Å². The molecule has 120 valence electrons. The number of benzene rings is 1. The van der Waals surface area contributed by atoms with Gasteiger partial charge < -0.3 is 14.6 Å². The second-order valence-electron chi connectivity index (χ2n) is 4.40. The van der Waals surface area contributed by atoms with Gasteiger partial charge in [0.15, 0.2) is 17.3 Å². The molecule has 1 aromatic carbocycles. The average molecular weight is 397 g/mol. The molecule has 0 atom stereocenters. The van der Waals surface area contributed by atoms with Crippen molar-refractivity contribution in [2.24, 2.45) is 0 Å². The number of hydrogen-bond donors (Lipinski definition) is 1. The van der Waals surface area contributed by atoms with Crippen LogP contribution in [0.3, 0.4) is 0 Å². The molecule has 0 saturated heterocycles. The largest absolute Gasteiger partial charge is 0.493 e. The van der Waals surface area contributed by atoms with Crippen LogP contribution in [0.1, 0.15) is 24.9 Å². The third-order valence-corrected chi connectivity index (χ3v) is 4.75. The maximum absolute atomic E-state index is 12.1. The first-order valence-corrected chi connectivity index (χ1v) is 8.04. The van der Waals surface area contributed by atoms with Gasteiger partial charge in [0.1, 0.15) is 4.88 Å². The highest BCUT2D eigenvalue weighted by molar-refractivity contribution is 9.10. The van der Waals surface area contributed by atoms with Gasteiger partial charge in [-0.2, -0.15) is 0 Å². The van der Waals surface area contributed by atoms with Crippen molar-refractivity contribution in [1.82, 2.24) is 0 Å². The molecule has 1 aromatic heterocycles. The van der Waals surface area contributed by atoms with E-state index in [2.05, 4.69) is 15.9 Å². The Morgan fingerprint density at radius 1 is 1.13 bits per heavy atom. The van der Waals surface area contributed by atoms with E-state index in [4.69, 9.17) is 14.6 Å². The Morgan fingerprint density at radius 3 is 2.30 bits per heavy atom. The number of aromatic carboxylic acids is 1. The van der Waals surface area contributed by atoms with Crippen LogP contribution in [0.4, 0.5) is 0 Å². The number of rotatable bonds is 6. The number of allylic oxidation sites excluding steroid dienone is 1. The molecule has 0 aliphatic carbocycles. The fourth-order valence-electron chi connectivity index (χ4n) is 1.83. The van der Waals surface area contributed by atoms with Crippen LogP contribution < -0.4 is 9.47 Å². The van der Waals surface area contributed by atoms with E-state index in [0.717, 1.165) is 21.4 Å². The van der Waals surface area contributed by atoms with E-state index in [1.54, 1.807) is 25.3 Å². The highest BCUT2D eigenvalue weighted by atomic mass is 79.9. The van der Waals surface area contributed by atoms with E-state index < -0.39 is 5.97 Å². The second kappa shape index (κ2) is 7.43. The molecule has 0 aliphatic rings. The topological polar surface area (TPSA) is 72.8 Å². The number of ketones is 1. The van der Waals surface area contributed by atoms with Gasteiger partial charge in [-0.15, -0.1) is 11.3 Å². The van der Waals surface area contributed by atoms with Crippen molar-refractivity contribution in [1.29, 1.82) is 0 Å². The first kappa shape index (κ1) is 17.2. The average Bonchev–Trinajstić information content (AvgIpc) is 3.03. The predicted octanol–water partition coefficient (Wildman–Crippen LogP) is 4.12. The SMILES string of the molecule is COc1cc(Br)c(/C=C/C(=O)c2ccc(C(=O)O)s2)cc1OC. The Bertz CT molecular complexity index is 779. The molecule has 1 N–H and O–H groups in total. The number of hydrogen-bond acceptors (Lipinski definition) is 5. The van der Waals surface area contributed by atoms with E-state index in [1.165, 1.54) is 25.3 Å². The minimum Gasteiger partial charge on any atom is -0.493 e. The van der Waals surface area contributed by atoms with Crippen LogP contribution in [0, 0.1) is 0 Å². The van der Waals surface area contributed by atoms with Crippen molar-refractivity contribution in [3.05, 3.63) is 50.1 Å². The minimum absolute atomic E-state index is 0.133. The lowest BCUT2D eigenvalue weighted by molar-refractivity contribution is 0.0702. The molecule has 5 nitrogen and oxygen atoms in total. The first-order valence-electron chi connectivity index (χ1n) is 6.43. The number of carboxylic acid groups (broad SMARTS) is 1. The Hall–Kier alpha value is -2.12. The molecule has 0 unspecified atom stereocenters. The maximum Gasteiger partial charge on any atom is 0.345 e. The highest BCUT2D eigenvalue weighted by Crippen LogP contribution is 2.34. The molecule has 2 aromatic rings. The molecule has 0 aliphatic heterocycles. The molecule has 0 radical (unpaired) electrons. The molecule has 0 saturated carbocycles. The molecule has 0 bridgehead atoms. The summed E-state index contributed by atoms with van der Waals surface area (Å²) in [5.74, 6) is -0.177. The van der Waals surface area contributed by atoms with Crippen LogP contribution in [-0.4, -0.2) is 31.1 Å². The Balaban J connectivity index is 2.25. The summed E-state index contributed by atoms with van der Waals surface area (Å²) >= 11 is 4.35. The van der Waals surface area contributed by atoms with Gasteiger partial charge in [0.2, 0.25) is 0 Å². The number of ether oxygens (including phenoxy) is 2. The van der Waals surface area contributed by atoms with Gasteiger partial charge in [-0.05, 0) is 42.0 Å². The van der Waals surface area contributed by atoms with Crippen molar-refractivity contribution in [2.75, 3.05) is 14.2 Å². The van der Waals surface area contributed by atoms with Gasteiger partial charge in [-0.25, -0.2) is 4.79 Å². The van der Waals surface area contributed by atoms with E-state index in [9.17, 15) is 9.59 Å². The van der Waals surface area contributed by atoms with Gasteiger partial charge in [0, 0.05) is 4.47 Å². The van der Waals surface area contributed by atoms with Crippen molar-refractivity contribution in [3.63, 3.8) is 0 Å². The maximum atomic E-state index is 12.1. The normalized spacial score (nSPS) is 10.7. The smallest absolute Gasteiger partial charge is 0.345 e. The lowest BCUT2D eigenvalue weighted by atomic mass is 10.1. The minimum atomic E-state index is -1.04. The van der Waals surface area contributed by atoms with Crippen molar-refractivity contribution >= 4 is 45.1 Å². The molecule has 2 rings (SSSR count). The molecular formula is C16H13BrO5S. The van der Waals surface area contributed by atoms with Crippen molar-refractivity contribution in [2.45, 2.75) is 0 Å². The van der Waals surface area contributed by atoms with Crippen LogP contribution in [0.5, 0.6) is 11.5 Å². The summed E-state index contributed by atoms with van der Waals surface area (Å²) in [5, 5.41) is 8.88. The number of halogens is 1. The van der Waals surface area contributed by atoms with Gasteiger partial charge in [0.25, 0.3) is 0 Å². The Morgan fingerprint density at radius 2 is 1.74 bits per heavy atom. The summed E-state index contributed by atoms with van der Waals surface area (Å²) in [6.45, 7) is 0. The lowest BCUT2D eigenvalue weighted by Gasteiger charge is -2.09. The van der Waals surface area contributed by atoms with Crippen LogP contribution in [-0.2, 0) is 0 Å². The van der Waals surface area contributed by atoms with Gasteiger partial charge in [0.05, 0.1) is 19.1 Å². The highest BCUT2D eigenvalue weighted by Gasteiger charge is 2.12. The zero-order valence-electron chi connectivity index (χ0n) is 12.3. The quantitative estimate of drug-likeness (QED) is 0.587. The standard InChI is InChI=1S/C16H13BrO5S/c1-21-12-7-9(10(17)8-13(12)22-2)3-4-11(18)14-5-6-15(23-14)16(19)20/h3-8H,1-2H3,(H,19,20)/b4-3+. The summed E-state index contributed by atoms with van der Waals surface area (Å²) in [6, 6.07) is 6.41. The van der Waals surface area contributed by atoms with Crippen LogP contribution >= 0.6 is 27.3 Å². The van der Waals surface area contributed by atoms with Gasteiger partial charge in [-0.1, -0.05) is 15.9 Å². The third kappa shape index (κ3) is 4.00. The fraction of sp³-hybridized carbons (Fsp3) is 0.125. The summed E-state index contributed by atoms with van der Waals surface area (Å²) in [4.78, 5) is 23.4. The Labute approximate surface area is 145 Å². The van der Waals surface area contributed by atoms with E-state index >= 15 is 0 Å². The zero-order valence-corrected chi connectivity index (χ0v) is 14.7. The second-order valence-corrected chi connectivity index (χ2v) is 6.33.